The lowest BCUT2D eigenvalue weighted by Gasteiger charge is -2.31. The SMILES string of the molecule is Cc1c(C)c2ccc3c(c2oc1=O)CN(c1ccc(Cl)cc1Cl)CO3. The predicted octanol–water partition coefficient (Wildman–Crippen LogP) is 5.07. The van der Waals surface area contributed by atoms with Gasteiger partial charge in [-0.2, -0.15) is 0 Å². The largest absolute Gasteiger partial charge is 0.473 e. The van der Waals surface area contributed by atoms with E-state index in [2.05, 4.69) is 0 Å². The van der Waals surface area contributed by atoms with Gasteiger partial charge in [-0.05, 0) is 49.7 Å². The molecule has 0 unspecified atom stereocenters. The van der Waals surface area contributed by atoms with Crippen molar-refractivity contribution in [3.63, 3.8) is 0 Å². The average Bonchev–Trinajstić information content (AvgIpc) is 2.59. The van der Waals surface area contributed by atoms with Crippen molar-refractivity contribution >= 4 is 39.9 Å². The molecule has 0 atom stereocenters. The minimum absolute atomic E-state index is 0.319. The Morgan fingerprint density at radius 1 is 1.08 bits per heavy atom. The van der Waals surface area contributed by atoms with Gasteiger partial charge in [0.25, 0.3) is 0 Å². The number of ether oxygens (including phenoxy) is 1. The molecule has 0 aliphatic carbocycles. The van der Waals surface area contributed by atoms with Gasteiger partial charge in [0, 0.05) is 16.0 Å². The van der Waals surface area contributed by atoms with E-state index in [1.165, 1.54) is 0 Å². The molecule has 0 radical (unpaired) electrons. The van der Waals surface area contributed by atoms with Crippen molar-refractivity contribution < 1.29 is 9.15 Å². The summed E-state index contributed by atoms with van der Waals surface area (Å²) in [5.74, 6) is 0.722. The van der Waals surface area contributed by atoms with E-state index in [0.717, 1.165) is 28.0 Å². The minimum Gasteiger partial charge on any atom is -0.473 e. The van der Waals surface area contributed by atoms with Crippen LogP contribution in [0.1, 0.15) is 16.7 Å². The molecule has 1 aliphatic heterocycles. The Morgan fingerprint density at radius 3 is 2.64 bits per heavy atom. The van der Waals surface area contributed by atoms with Gasteiger partial charge in [-0.1, -0.05) is 23.2 Å². The van der Waals surface area contributed by atoms with Crippen LogP contribution in [0.2, 0.25) is 10.0 Å². The maximum Gasteiger partial charge on any atom is 0.339 e. The molecule has 0 spiro atoms. The van der Waals surface area contributed by atoms with Crippen LogP contribution in [0, 0.1) is 13.8 Å². The fourth-order valence-electron chi connectivity index (χ4n) is 3.11. The van der Waals surface area contributed by atoms with Gasteiger partial charge in [-0.25, -0.2) is 4.79 Å². The number of halogens is 2. The number of aryl methyl sites for hydroxylation is 1. The van der Waals surface area contributed by atoms with Crippen LogP contribution >= 0.6 is 23.2 Å². The van der Waals surface area contributed by atoms with Crippen LogP contribution < -0.4 is 15.3 Å². The molecule has 4 rings (SSSR count). The Bertz CT molecular complexity index is 1060. The van der Waals surface area contributed by atoms with E-state index < -0.39 is 0 Å². The molecule has 0 fully saturated rings. The summed E-state index contributed by atoms with van der Waals surface area (Å²) in [6.07, 6.45) is 0. The van der Waals surface area contributed by atoms with Gasteiger partial charge < -0.3 is 14.1 Å². The Hall–Kier alpha value is -2.17. The maximum atomic E-state index is 12.1. The van der Waals surface area contributed by atoms with E-state index in [-0.39, 0.29) is 5.63 Å². The standard InChI is InChI=1S/C19H15Cl2NO3/c1-10-11(2)19(23)25-18-13(10)4-6-17-14(18)8-22(9-24-17)16-5-3-12(20)7-15(16)21/h3-7H,8-9H2,1-2H3. The molecule has 3 aromatic rings. The van der Waals surface area contributed by atoms with Crippen LogP contribution in [0.15, 0.2) is 39.5 Å². The lowest BCUT2D eigenvalue weighted by molar-refractivity contribution is 0.289. The molecule has 0 N–H and O–H groups in total. The van der Waals surface area contributed by atoms with Gasteiger partial charge in [0.05, 0.1) is 22.8 Å². The number of anilines is 1. The van der Waals surface area contributed by atoms with Crippen molar-refractivity contribution in [2.24, 2.45) is 0 Å². The summed E-state index contributed by atoms with van der Waals surface area (Å²) in [6, 6.07) is 9.20. The van der Waals surface area contributed by atoms with Crippen LogP contribution in [0.3, 0.4) is 0 Å². The summed E-state index contributed by atoms with van der Waals surface area (Å²) in [4.78, 5) is 14.1. The first-order valence-corrected chi connectivity index (χ1v) is 8.60. The first-order valence-electron chi connectivity index (χ1n) is 7.84. The molecular weight excluding hydrogens is 361 g/mol. The Kier molecular flexibility index (Phi) is 3.89. The smallest absolute Gasteiger partial charge is 0.339 e. The summed E-state index contributed by atoms with van der Waals surface area (Å²) in [5, 5.41) is 2.05. The summed E-state index contributed by atoms with van der Waals surface area (Å²) < 4.78 is 11.5. The van der Waals surface area contributed by atoms with Crippen LogP contribution in [0.25, 0.3) is 11.0 Å². The molecule has 1 aliphatic rings. The molecule has 0 amide bonds. The summed E-state index contributed by atoms with van der Waals surface area (Å²) in [7, 11) is 0. The molecule has 128 valence electrons. The van der Waals surface area contributed by atoms with E-state index in [1.807, 2.05) is 30.0 Å². The highest BCUT2D eigenvalue weighted by Crippen LogP contribution is 2.37. The van der Waals surface area contributed by atoms with Crippen molar-refractivity contribution in [2.45, 2.75) is 20.4 Å². The van der Waals surface area contributed by atoms with Gasteiger partial charge in [0.2, 0.25) is 0 Å². The van der Waals surface area contributed by atoms with E-state index in [0.29, 0.717) is 34.5 Å². The molecule has 1 aromatic heterocycles. The number of hydrogen-bond acceptors (Lipinski definition) is 4. The molecular formula is C19H15Cl2NO3. The zero-order valence-electron chi connectivity index (χ0n) is 13.7. The van der Waals surface area contributed by atoms with E-state index in [9.17, 15) is 4.79 Å². The highest BCUT2D eigenvalue weighted by Gasteiger charge is 2.24. The first-order chi connectivity index (χ1) is 12.0. The van der Waals surface area contributed by atoms with Crippen LogP contribution in [-0.4, -0.2) is 6.73 Å². The van der Waals surface area contributed by atoms with Crippen molar-refractivity contribution in [2.75, 3.05) is 11.6 Å². The molecule has 4 nitrogen and oxygen atoms in total. The predicted molar refractivity (Wildman–Crippen MR) is 100 cm³/mol. The van der Waals surface area contributed by atoms with Crippen LogP contribution in [0.4, 0.5) is 5.69 Å². The lowest BCUT2D eigenvalue weighted by atomic mass is 10.0. The summed E-state index contributed by atoms with van der Waals surface area (Å²) >= 11 is 12.3. The summed E-state index contributed by atoms with van der Waals surface area (Å²) in [5.41, 5.74) is 3.47. The fraction of sp³-hybridized carbons (Fsp3) is 0.211. The molecule has 25 heavy (non-hydrogen) atoms. The van der Waals surface area contributed by atoms with Gasteiger partial charge in [-0.3, -0.25) is 0 Å². The third-order valence-electron chi connectivity index (χ3n) is 4.66. The third-order valence-corrected chi connectivity index (χ3v) is 5.20. The summed E-state index contributed by atoms with van der Waals surface area (Å²) in [6.45, 7) is 4.59. The maximum absolute atomic E-state index is 12.1. The first kappa shape index (κ1) is 16.3. The Labute approximate surface area is 154 Å². The second-order valence-corrected chi connectivity index (χ2v) is 6.97. The average molecular weight is 376 g/mol. The van der Waals surface area contributed by atoms with Gasteiger partial charge in [0.15, 0.2) is 6.73 Å². The zero-order valence-corrected chi connectivity index (χ0v) is 15.2. The molecule has 0 saturated carbocycles. The molecule has 2 heterocycles. The van der Waals surface area contributed by atoms with Crippen molar-refractivity contribution in [3.8, 4) is 5.75 Å². The highest BCUT2D eigenvalue weighted by molar-refractivity contribution is 6.36. The minimum atomic E-state index is -0.319. The van der Waals surface area contributed by atoms with E-state index >= 15 is 0 Å². The zero-order chi connectivity index (χ0) is 17.7. The Balaban J connectivity index is 1.86. The monoisotopic (exact) mass is 375 g/mol. The van der Waals surface area contributed by atoms with Gasteiger partial charge >= 0.3 is 5.63 Å². The van der Waals surface area contributed by atoms with Crippen molar-refractivity contribution in [3.05, 3.63) is 67.5 Å². The van der Waals surface area contributed by atoms with Crippen molar-refractivity contribution in [1.82, 2.24) is 0 Å². The second-order valence-electron chi connectivity index (χ2n) is 6.13. The second kappa shape index (κ2) is 5.97. The molecule has 0 saturated heterocycles. The molecule has 0 bridgehead atoms. The van der Waals surface area contributed by atoms with Gasteiger partial charge in [0.1, 0.15) is 11.3 Å². The number of hydrogen-bond donors (Lipinski definition) is 0. The topological polar surface area (TPSA) is 42.7 Å². The number of fused-ring (bicyclic) bond motifs is 3. The Morgan fingerprint density at radius 2 is 1.88 bits per heavy atom. The molecule has 6 heteroatoms. The highest BCUT2D eigenvalue weighted by atomic mass is 35.5. The normalized spacial score (nSPS) is 13.7. The molecule has 2 aromatic carbocycles. The van der Waals surface area contributed by atoms with E-state index in [1.54, 1.807) is 19.1 Å². The lowest BCUT2D eigenvalue weighted by Crippen LogP contribution is -2.32. The van der Waals surface area contributed by atoms with E-state index in [4.69, 9.17) is 32.4 Å². The van der Waals surface area contributed by atoms with Gasteiger partial charge in [-0.15, -0.1) is 0 Å². The number of rotatable bonds is 1. The number of benzene rings is 2. The number of nitrogens with zero attached hydrogens (tertiary/aromatic N) is 1. The quantitative estimate of drug-likeness (QED) is 0.556. The van der Waals surface area contributed by atoms with Crippen LogP contribution in [0.5, 0.6) is 5.75 Å². The third kappa shape index (κ3) is 2.66. The fourth-order valence-corrected chi connectivity index (χ4v) is 3.64. The van der Waals surface area contributed by atoms with Crippen molar-refractivity contribution in [1.29, 1.82) is 0 Å². The van der Waals surface area contributed by atoms with Crippen LogP contribution in [-0.2, 0) is 6.54 Å².